The molecule has 0 saturated heterocycles. The van der Waals surface area contributed by atoms with Crippen LogP contribution in [0.4, 0.5) is 4.39 Å². The smallest absolute Gasteiger partial charge is 0.261 e. The lowest BCUT2D eigenvalue weighted by atomic mass is 10.1. The van der Waals surface area contributed by atoms with Crippen LogP contribution in [-0.4, -0.2) is 35.9 Å². The lowest BCUT2D eigenvalue weighted by molar-refractivity contribution is -0.142. The number of rotatable bonds is 9. The molecule has 1 N–H and O–H groups in total. The van der Waals surface area contributed by atoms with Gasteiger partial charge in [0.2, 0.25) is 5.91 Å². The molecule has 5 nitrogen and oxygen atoms in total. The predicted octanol–water partition coefficient (Wildman–Crippen LogP) is 3.91. The van der Waals surface area contributed by atoms with Crippen LogP contribution < -0.4 is 10.1 Å². The van der Waals surface area contributed by atoms with Gasteiger partial charge in [-0.25, -0.2) is 4.39 Å². The van der Waals surface area contributed by atoms with Crippen molar-refractivity contribution in [1.29, 1.82) is 0 Å². The minimum atomic E-state index is -0.692. The van der Waals surface area contributed by atoms with E-state index in [1.807, 2.05) is 31.2 Å². The Labute approximate surface area is 173 Å². The largest absolute Gasteiger partial charge is 0.481 e. The SMILES string of the molecule is CCCNC(=O)[C@@H](C)N(Cc1cccc(Br)c1)C(=O)COc1ccccc1F. The van der Waals surface area contributed by atoms with E-state index in [1.54, 1.807) is 19.1 Å². The number of nitrogens with zero attached hydrogens (tertiary/aromatic N) is 1. The van der Waals surface area contributed by atoms with Gasteiger partial charge in [0.1, 0.15) is 6.04 Å². The summed E-state index contributed by atoms with van der Waals surface area (Å²) in [6.45, 7) is 4.04. The van der Waals surface area contributed by atoms with Gasteiger partial charge in [0.05, 0.1) is 0 Å². The summed E-state index contributed by atoms with van der Waals surface area (Å²) in [6, 6.07) is 12.7. The van der Waals surface area contributed by atoms with E-state index < -0.39 is 17.8 Å². The highest BCUT2D eigenvalue weighted by Crippen LogP contribution is 2.18. The number of amides is 2. The van der Waals surface area contributed by atoms with Gasteiger partial charge in [0.25, 0.3) is 5.91 Å². The fraction of sp³-hybridized carbons (Fsp3) is 0.333. The average molecular weight is 451 g/mol. The van der Waals surface area contributed by atoms with E-state index in [4.69, 9.17) is 4.74 Å². The predicted molar refractivity (Wildman–Crippen MR) is 109 cm³/mol. The highest BCUT2D eigenvalue weighted by molar-refractivity contribution is 9.10. The molecule has 2 amide bonds. The highest BCUT2D eigenvalue weighted by atomic mass is 79.9. The molecule has 150 valence electrons. The van der Waals surface area contributed by atoms with E-state index in [0.29, 0.717) is 6.54 Å². The number of hydrogen-bond donors (Lipinski definition) is 1. The molecule has 1 atom stereocenters. The molecular formula is C21H24BrFN2O3. The molecule has 0 saturated carbocycles. The zero-order valence-corrected chi connectivity index (χ0v) is 17.5. The van der Waals surface area contributed by atoms with Crippen LogP contribution in [0.15, 0.2) is 53.0 Å². The molecule has 0 aliphatic heterocycles. The molecule has 0 heterocycles. The third kappa shape index (κ3) is 6.34. The first kappa shape index (κ1) is 21.9. The van der Waals surface area contributed by atoms with E-state index in [9.17, 15) is 14.0 Å². The summed E-state index contributed by atoms with van der Waals surface area (Å²) in [5.41, 5.74) is 0.865. The Hall–Kier alpha value is -2.41. The topological polar surface area (TPSA) is 58.6 Å². The molecule has 7 heteroatoms. The molecule has 2 aromatic carbocycles. The molecule has 0 fully saturated rings. The van der Waals surface area contributed by atoms with E-state index in [-0.39, 0.29) is 24.8 Å². The van der Waals surface area contributed by atoms with Crippen LogP contribution in [0, 0.1) is 5.82 Å². The minimum Gasteiger partial charge on any atom is -0.481 e. The number of ether oxygens (including phenoxy) is 1. The van der Waals surface area contributed by atoms with Gasteiger partial charge in [0.15, 0.2) is 18.2 Å². The fourth-order valence-corrected chi connectivity index (χ4v) is 3.04. The van der Waals surface area contributed by atoms with Crippen molar-refractivity contribution in [2.24, 2.45) is 0 Å². The number of carbonyl (C=O) groups is 2. The van der Waals surface area contributed by atoms with Crippen molar-refractivity contribution in [1.82, 2.24) is 10.2 Å². The zero-order chi connectivity index (χ0) is 20.5. The van der Waals surface area contributed by atoms with Crippen molar-refractivity contribution in [3.63, 3.8) is 0 Å². The van der Waals surface area contributed by atoms with Crippen molar-refractivity contribution in [3.8, 4) is 5.75 Å². The van der Waals surface area contributed by atoms with Gasteiger partial charge in [-0.1, -0.05) is 47.1 Å². The van der Waals surface area contributed by atoms with Crippen LogP contribution in [0.2, 0.25) is 0 Å². The third-order valence-electron chi connectivity index (χ3n) is 4.15. The van der Waals surface area contributed by atoms with Crippen molar-refractivity contribution in [3.05, 3.63) is 64.4 Å². The Bertz CT molecular complexity index is 816. The fourth-order valence-electron chi connectivity index (χ4n) is 2.59. The molecule has 0 aromatic heterocycles. The van der Waals surface area contributed by atoms with Gasteiger partial charge in [-0.2, -0.15) is 0 Å². The minimum absolute atomic E-state index is 0.00124. The van der Waals surface area contributed by atoms with Gasteiger partial charge < -0.3 is 15.0 Å². The molecule has 0 unspecified atom stereocenters. The van der Waals surface area contributed by atoms with E-state index in [2.05, 4.69) is 21.2 Å². The molecule has 2 aromatic rings. The Kier molecular flexibility index (Phi) is 8.44. The highest BCUT2D eigenvalue weighted by Gasteiger charge is 2.26. The summed E-state index contributed by atoms with van der Waals surface area (Å²) in [5, 5.41) is 2.80. The lowest BCUT2D eigenvalue weighted by Gasteiger charge is -2.28. The summed E-state index contributed by atoms with van der Waals surface area (Å²) >= 11 is 3.41. The first-order valence-corrected chi connectivity index (χ1v) is 9.90. The Morgan fingerprint density at radius 2 is 1.96 bits per heavy atom. The maximum absolute atomic E-state index is 13.7. The first-order chi connectivity index (χ1) is 13.4. The zero-order valence-electron chi connectivity index (χ0n) is 16.0. The molecule has 28 heavy (non-hydrogen) atoms. The summed E-state index contributed by atoms with van der Waals surface area (Å²) in [4.78, 5) is 26.7. The summed E-state index contributed by atoms with van der Waals surface area (Å²) < 4.78 is 20.0. The first-order valence-electron chi connectivity index (χ1n) is 9.11. The second-order valence-electron chi connectivity index (χ2n) is 6.34. The van der Waals surface area contributed by atoms with Crippen LogP contribution in [0.3, 0.4) is 0 Å². The normalized spacial score (nSPS) is 11.6. The summed E-state index contributed by atoms with van der Waals surface area (Å²) in [6.07, 6.45) is 0.800. The van der Waals surface area contributed by atoms with Gasteiger partial charge in [-0.15, -0.1) is 0 Å². The van der Waals surface area contributed by atoms with Crippen LogP contribution >= 0.6 is 15.9 Å². The Morgan fingerprint density at radius 1 is 1.21 bits per heavy atom. The number of para-hydroxylation sites is 1. The monoisotopic (exact) mass is 450 g/mol. The maximum Gasteiger partial charge on any atom is 0.261 e. The molecule has 0 radical (unpaired) electrons. The second-order valence-corrected chi connectivity index (χ2v) is 7.25. The van der Waals surface area contributed by atoms with Gasteiger partial charge in [-0.05, 0) is 43.2 Å². The number of halogens is 2. The molecule has 0 spiro atoms. The van der Waals surface area contributed by atoms with E-state index in [1.165, 1.54) is 17.0 Å². The molecule has 0 aliphatic rings. The number of benzene rings is 2. The Balaban J connectivity index is 2.14. The van der Waals surface area contributed by atoms with E-state index in [0.717, 1.165) is 16.5 Å². The van der Waals surface area contributed by atoms with Crippen LogP contribution in [0.1, 0.15) is 25.8 Å². The Morgan fingerprint density at radius 3 is 2.64 bits per heavy atom. The number of nitrogens with one attached hydrogen (secondary N) is 1. The van der Waals surface area contributed by atoms with Crippen LogP contribution in [-0.2, 0) is 16.1 Å². The van der Waals surface area contributed by atoms with Gasteiger partial charge >= 0.3 is 0 Å². The van der Waals surface area contributed by atoms with Crippen molar-refractivity contribution in [2.45, 2.75) is 32.9 Å². The van der Waals surface area contributed by atoms with Crippen molar-refractivity contribution in [2.75, 3.05) is 13.2 Å². The van der Waals surface area contributed by atoms with E-state index >= 15 is 0 Å². The lowest BCUT2D eigenvalue weighted by Crippen LogP contribution is -2.49. The van der Waals surface area contributed by atoms with Crippen LogP contribution in [0.5, 0.6) is 5.75 Å². The van der Waals surface area contributed by atoms with Gasteiger partial charge in [0, 0.05) is 17.6 Å². The number of carbonyl (C=O) groups excluding carboxylic acids is 2. The standard InChI is InChI=1S/C21H24BrFN2O3/c1-3-11-24-21(27)15(2)25(13-16-7-6-8-17(22)12-16)20(26)14-28-19-10-5-4-9-18(19)23/h4-10,12,15H,3,11,13-14H2,1-2H3,(H,24,27)/t15-/m1/s1. The summed E-state index contributed by atoms with van der Waals surface area (Å²) in [5.74, 6) is -1.18. The van der Waals surface area contributed by atoms with Gasteiger partial charge in [-0.3, -0.25) is 9.59 Å². The quantitative estimate of drug-likeness (QED) is 0.629. The van der Waals surface area contributed by atoms with Crippen LogP contribution in [0.25, 0.3) is 0 Å². The van der Waals surface area contributed by atoms with Crippen molar-refractivity contribution >= 4 is 27.7 Å². The molecule has 0 bridgehead atoms. The second kappa shape index (κ2) is 10.8. The third-order valence-corrected chi connectivity index (χ3v) is 4.64. The number of hydrogen-bond acceptors (Lipinski definition) is 3. The molecule has 2 rings (SSSR count). The maximum atomic E-state index is 13.7. The summed E-state index contributed by atoms with van der Waals surface area (Å²) in [7, 11) is 0. The molecule has 0 aliphatic carbocycles. The average Bonchev–Trinajstić information content (AvgIpc) is 2.69. The molecular weight excluding hydrogens is 427 g/mol. The van der Waals surface area contributed by atoms with Crippen molar-refractivity contribution < 1.29 is 18.7 Å².